The highest BCUT2D eigenvalue weighted by Crippen LogP contribution is 2.32. The molecule has 4 rings (SSSR count). The summed E-state index contributed by atoms with van der Waals surface area (Å²) < 4.78 is 16.0. The van der Waals surface area contributed by atoms with Gasteiger partial charge in [-0.1, -0.05) is 24.3 Å². The normalized spacial score (nSPS) is 12.8. The lowest BCUT2D eigenvalue weighted by Crippen LogP contribution is -2.29. The first-order valence-electron chi connectivity index (χ1n) is 10.1. The van der Waals surface area contributed by atoms with E-state index in [1.54, 1.807) is 36.1 Å². The molecule has 0 fully saturated rings. The number of benzene rings is 2. The van der Waals surface area contributed by atoms with Crippen LogP contribution in [0.5, 0.6) is 11.5 Å². The SMILES string of the molecule is CCOc1cc(C=C(C#N)C(=O)N2CCc3ccccc32)ccc1OC(=O)c1ccco1. The molecule has 7 heteroatoms. The Balaban J connectivity index is 1.59. The van der Waals surface area contributed by atoms with Gasteiger partial charge in [-0.3, -0.25) is 4.79 Å². The maximum absolute atomic E-state index is 13.0. The number of fused-ring (bicyclic) bond motifs is 1. The molecule has 0 unspecified atom stereocenters. The van der Waals surface area contributed by atoms with Gasteiger partial charge in [-0.25, -0.2) is 4.79 Å². The topological polar surface area (TPSA) is 92.8 Å². The molecular weight excluding hydrogens is 408 g/mol. The summed E-state index contributed by atoms with van der Waals surface area (Å²) in [4.78, 5) is 26.8. The molecule has 160 valence electrons. The molecule has 0 radical (unpaired) electrons. The lowest BCUT2D eigenvalue weighted by atomic mass is 10.1. The number of amides is 1. The molecule has 1 aliphatic heterocycles. The van der Waals surface area contributed by atoms with Crippen LogP contribution in [0.1, 0.15) is 28.6 Å². The number of furan rings is 1. The minimum Gasteiger partial charge on any atom is -0.490 e. The van der Waals surface area contributed by atoms with Crippen LogP contribution >= 0.6 is 0 Å². The highest BCUT2D eigenvalue weighted by atomic mass is 16.6. The van der Waals surface area contributed by atoms with E-state index in [2.05, 4.69) is 0 Å². The van der Waals surface area contributed by atoms with E-state index in [4.69, 9.17) is 13.9 Å². The lowest BCUT2D eigenvalue weighted by molar-refractivity contribution is -0.114. The van der Waals surface area contributed by atoms with Crippen molar-refractivity contribution in [2.24, 2.45) is 0 Å². The van der Waals surface area contributed by atoms with Crippen LogP contribution in [-0.2, 0) is 11.2 Å². The molecule has 0 aliphatic carbocycles. The molecule has 32 heavy (non-hydrogen) atoms. The van der Waals surface area contributed by atoms with Crippen molar-refractivity contribution in [2.75, 3.05) is 18.1 Å². The van der Waals surface area contributed by atoms with E-state index in [1.165, 1.54) is 18.4 Å². The summed E-state index contributed by atoms with van der Waals surface area (Å²) in [7, 11) is 0. The van der Waals surface area contributed by atoms with Crippen LogP contribution in [0.3, 0.4) is 0 Å². The number of hydrogen-bond donors (Lipinski definition) is 0. The predicted molar refractivity (Wildman–Crippen MR) is 117 cm³/mol. The number of nitrogens with zero attached hydrogens (tertiary/aromatic N) is 2. The van der Waals surface area contributed by atoms with E-state index < -0.39 is 5.97 Å². The van der Waals surface area contributed by atoms with Crippen LogP contribution in [0, 0.1) is 11.3 Å². The van der Waals surface area contributed by atoms with E-state index in [9.17, 15) is 14.9 Å². The summed E-state index contributed by atoms with van der Waals surface area (Å²) in [5, 5.41) is 9.64. The van der Waals surface area contributed by atoms with Crippen LogP contribution in [0.25, 0.3) is 6.08 Å². The fraction of sp³-hybridized carbons (Fsp3) is 0.160. The number of para-hydroxylation sites is 1. The molecule has 0 N–H and O–H groups in total. The molecule has 1 aliphatic rings. The Morgan fingerprint density at radius 2 is 2.00 bits per heavy atom. The van der Waals surface area contributed by atoms with E-state index in [-0.39, 0.29) is 23.0 Å². The van der Waals surface area contributed by atoms with Gasteiger partial charge in [0.2, 0.25) is 5.76 Å². The van der Waals surface area contributed by atoms with Gasteiger partial charge in [0.1, 0.15) is 11.6 Å². The largest absolute Gasteiger partial charge is 0.490 e. The molecule has 0 atom stereocenters. The number of carbonyl (C=O) groups is 2. The van der Waals surface area contributed by atoms with E-state index in [0.29, 0.717) is 24.5 Å². The van der Waals surface area contributed by atoms with Crippen molar-refractivity contribution in [3.8, 4) is 17.6 Å². The van der Waals surface area contributed by atoms with Gasteiger partial charge in [0, 0.05) is 12.2 Å². The molecule has 1 amide bonds. The summed E-state index contributed by atoms with van der Waals surface area (Å²) in [5.74, 6) is -0.413. The Hall–Kier alpha value is -4.31. The van der Waals surface area contributed by atoms with E-state index >= 15 is 0 Å². The van der Waals surface area contributed by atoms with Crippen molar-refractivity contribution in [2.45, 2.75) is 13.3 Å². The average Bonchev–Trinajstić information content (AvgIpc) is 3.49. The van der Waals surface area contributed by atoms with Gasteiger partial charge in [-0.05, 0) is 60.9 Å². The molecule has 0 bridgehead atoms. The Morgan fingerprint density at radius 3 is 2.75 bits per heavy atom. The van der Waals surface area contributed by atoms with Crippen LogP contribution in [0.15, 0.2) is 70.9 Å². The molecular formula is C25H20N2O5. The summed E-state index contributed by atoms with van der Waals surface area (Å²) >= 11 is 0. The zero-order chi connectivity index (χ0) is 22.5. The van der Waals surface area contributed by atoms with E-state index in [0.717, 1.165) is 17.7 Å². The molecule has 0 saturated carbocycles. The summed E-state index contributed by atoms with van der Waals surface area (Å²) in [5.41, 5.74) is 2.49. The second kappa shape index (κ2) is 9.23. The average molecular weight is 428 g/mol. The minimum absolute atomic E-state index is 0.00415. The van der Waals surface area contributed by atoms with Crippen molar-refractivity contribution in [1.82, 2.24) is 0 Å². The zero-order valence-corrected chi connectivity index (χ0v) is 17.4. The van der Waals surface area contributed by atoms with Crippen molar-refractivity contribution < 1.29 is 23.5 Å². The highest BCUT2D eigenvalue weighted by molar-refractivity contribution is 6.12. The standard InChI is InChI=1S/C25H20N2O5/c1-2-30-23-15-17(9-10-21(23)32-25(29)22-8-5-13-31-22)14-19(16-26)24(28)27-12-11-18-6-3-4-7-20(18)27/h3-10,13-15H,2,11-12H2,1H3. The van der Waals surface area contributed by atoms with Gasteiger partial charge in [0.25, 0.3) is 5.91 Å². The number of nitriles is 1. The Bertz CT molecular complexity index is 1220. The Morgan fingerprint density at radius 1 is 1.16 bits per heavy atom. The van der Waals surface area contributed by atoms with Gasteiger partial charge in [0.15, 0.2) is 11.5 Å². The van der Waals surface area contributed by atoms with Crippen molar-refractivity contribution in [3.63, 3.8) is 0 Å². The number of hydrogen-bond acceptors (Lipinski definition) is 6. The van der Waals surface area contributed by atoms with Gasteiger partial charge in [-0.15, -0.1) is 0 Å². The van der Waals surface area contributed by atoms with Crippen molar-refractivity contribution >= 4 is 23.6 Å². The van der Waals surface area contributed by atoms with Crippen LogP contribution < -0.4 is 14.4 Å². The van der Waals surface area contributed by atoms with Crippen LogP contribution in [-0.4, -0.2) is 25.0 Å². The quantitative estimate of drug-likeness (QED) is 0.250. The number of esters is 1. The number of ether oxygens (including phenoxy) is 2. The fourth-order valence-corrected chi connectivity index (χ4v) is 3.52. The number of carbonyl (C=O) groups excluding carboxylic acids is 2. The first-order valence-corrected chi connectivity index (χ1v) is 10.1. The Kier molecular flexibility index (Phi) is 6.04. The summed E-state index contributed by atoms with van der Waals surface area (Å²) in [6, 6.07) is 17.6. The van der Waals surface area contributed by atoms with Gasteiger partial charge >= 0.3 is 5.97 Å². The predicted octanol–water partition coefficient (Wildman–Crippen LogP) is 4.39. The minimum atomic E-state index is -0.653. The number of rotatable bonds is 6. The van der Waals surface area contributed by atoms with Gasteiger partial charge in [-0.2, -0.15) is 5.26 Å². The maximum atomic E-state index is 13.0. The second-order valence-electron chi connectivity index (χ2n) is 7.01. The van der Waals surface area contributed by atoms with Crippen LogP contribution in [0.2, 0.25) is 0 Å². The third kappa shape index (κ3) is 4.25. The zero-order valence-electron chi connectivity index (χ0n) is 17.4. The molecule has 7 nitrogen and oxygen atoms in total. The smallest absolute Gasteiger partial charge is 0.379 e. The third-order valence-corrected chi connectivity index (χ3v) is 4.99. The van der Waals surface area contributed by atoms with E-state index in [1.807, 2.05) is 30.3 Å². The monoisotopic (exact) mass is 428 g/mol. The second-order valence-corrected chi connectivity index (χ2v) is 7.01. The highest BCUT2D eigenvalue weighted by Gasteiger charge is 2.26. The molecule has 0 saturated heterocycles. The maximum Gasteiger partial charge on any atom is 0.379 e. The fourth-order valence-electron chi connectivity index (χ4n) is 3.52. The lowest BCUT2D eigenvalue weighted by Gasteiger charge is -2.16. The molecule has 3 aromatic rings. The first kappa shape index (κ1) is 20.9. The number of anilines is 1. The Labute approximate surface area is 185 Å². The summed E-state index contributed by atoms with van der Waals surface area (Å²) in [6.45, 7) is 2.67. The van der Waals surface area contributed by atoms with Gasteiger partial charge in [0.05, 0.1) is 12.9 Å². The van der Waals surface area contributed by atoms with Crippen molar-refractivity contribution in [3.05, 3.63) is 83.3 Å². The first-order chi connectivity index (χ1) is 15.6. The van der Waals surface area contributed by atoms with Crippen LogP contribution in [0.4, 0.5) is 5.69 Å². The van der Waals surface area contributed by atoms with Gasteiger partial charge < -0.3 is 18.8 Å². The third-order valence-electron chi connectivity index (χ3n) is 4.99. The molecule has 1 aromatic heterocycles. The molecule has 0 spiro atoms. The van der Waals surface area contributed by atoms with Crippen molar-refractivity contribution in [1.29, 1.82) is 5.26 Å². The molecule has 2 aromatic carbocycles. The molecule has 2 heterocycles. The summed E-state index contributed by atoms with van der Waals surface area (Å²) in [6.07, 6.45) is 3.64.